The van der Waals surface area contributed by atoms with Crippen LogP contribution < -0.4 is 33.3 Å². The molecule has 1 aliphatic rings. The first-order valence-electron chi connectivity index (χ1n) is 17.3. The van der Waals surface area contributed by atoms with Crippen LogP contribution in [0.2, 0.25) is 5.02 Å². The summed E-state index contributed by atoms with van der Waals surface area (Å²) in [6.07, 6.45) is 3.92. The standard InChI is InChI=1S/C42H46ClN3O6.2ClH/c1-47-37-22-31(23-38(48-2)41(37)51-5)30-9-7-8-28(20-30)26-45-18-15-35(16-19-45)46(34-12-10-33(43)11-13-34)27-29-14-17-44-36(21-29)32-24-39(49-3)42(52-6)40(25-32)50-4;;/h7-14,17,20-25,35H,15-16,18-19,26-27H2,1-6H3;2*1H. The van der Waals surface area contributed by atoms with Crippen LogP contribution in [0.15, 0.2) is 91.1 Å². The van der Waals surface area contributed by atoms with Gasteiger partial charge >= 0.3 is 0 Å². The van der Waals surface area contributed by atoms with Crippen molar-refractivity contribution in [2.75, 3.05) is 60.6 Å². The van der Waals surface area contributed by atoms with Crippen molar-refractivity contribution in [1.82, 2.24) is 9.88 Å². The quantitative estimate of drug-likeness (QED) is 0.109. The average molecular weight is 797 g/mol. The van der Waals surface area contributed by atoms with Gasteiger partial charge in [0.25, 0.3) is 0 Å². The van der Waals surface area contributed by atoms with Crippen molar-refractivity contribution in [2.24, 2.45) is 0 Å². The fourth-order valence-electron chi connectivity index (χ4n) is 6.96. The van der Waals surface area contributed by atoms with Crippen molar-refractivity contribution in [3.05, 3.63) is 107 Å². The smallest absolute Gasteiger partial charge is 0.203 e. The Hall–Kier alpha value is -4.54. The van der Waals surface area contributed by atoms with Gasteiger partial charge in [-0.25, -0.2) is 0 Å². The minimum absolute atomic E-state index is 0. The monoisotopic (exact) mass is 795 g/mol. The van der Waals surface area contributed by atoms with Crippen LogP contribution in [0.25, 0.3) is 22.4 Å². The van der Waals surface area contributed by atoms with Crippen LogP contribution >= 0.6 is 36.4 Å². The molecule has 54 heavy (non-hydrogen) atoms. The van der Waals surface area contributed by atoms with Crippen LogP contribution in [0.4, 0.5) is 5.69 Å². The SMILES string of the molecule is COc1cc(-c2cccc(CN3CCC(N(Cc4ccnc(-c5cc(OC)c(OC)c(OC)c5)c4)c4ccc(Cl)cc4)CC3)c2)cc(OC)c1OC.Cl.Cl. The summed E-state index contributed by atoms with van der Waals surface area (Å²) in [4.78, 5) is 9.76. The molecule has 0 amide bonds. The minimum atomic E-state index is 0. The molecule has 0 spiro atoms. The molecule has 1 fully saturated rings. The summed E-state index contributed by atoms with van der Waals surface area (Å²) in [6.45, 7) is 3.56. The second kappa shape index (κ2) is 19.7. The van der Waals surface area contributed by atoms with Gasteiger partial charge in [-0.15, -0.1) is 24.8 Å². The predicted octanol–water partition coefficient (Wildman–Crippen LogP) is 9.64. The minimum Gasteiger partial charge on any atom is -0.493 e. The first kappa shape index (κ1) is 42.2. The van der Waals surface area contributed by atoms with Crippen molar-refractivity contribution in [2.45, 2.75) is 32.0 Å². The van der Waals surface area contributed by atoms with Gasteiger partial charge in [0.1, 0.15) is 0 Å². The number of benzene rings is 4. The summed E-state index contributed by atoms with van der Waals surface area (Å²) in [5.74, 6) is 3.59. The van der Waals surface area contributed by atoms with Crippen molar-refractivity contribution in [3.63, 3.8) is 0 Å². The van der Waals surface area contributed by atoms with Gasteiger partial charge in [0.15, 0.2) is 23.0 Å². The first-order chi connectivity index (χ1) is 25.4. The van der Waals surface area contributed by atoms with Gasteiger partial charge in [0.05, 0.1) is 48.4 Å². The Kier molecular flexibility index (Phi) is 15.4. The van der Waals surface area contributed by atoms with Gasteiger partial charge in [-0.2, -0.15) is 0 Å². The molecule has 0 bridgehead atoms. The Morgan fingerprint density at radius 3 is 1.72 bits per heavy atom. The van der Waals surface area contributed by atoms with Crippen molar-refractivity contribution in [3.8, 4) is 56.9 Å². The summed E-state index contributed by atoms with van der Waals surface area (Å²) in [6, 6.07) is 29.3. The number of hydrogen-bond acceptors (Lipinski definition) is 9. The zero-order valence-electron chi connectivity index (χ0n) is 31.5. The number of aromatic nitrogens is 1. The molecule has 2 heterocycles. The molecule has 1 saturated heterocycles. The van der Waals surface area contributed by atoms with Crippen LogP contribution in [0.5, 0.6) is 34.5 Å². The molecule has 9 nitrogen and oxygen atoms in total. The van der Waals surface area contributed by atoms with E-state index < -0.39 is 0 Å². The lowest BCUT2D eigenvalue weighted by atomic mass is 9.99. The maximum Gasteiger partial charge on any atom is 0.203 e. The van der Waals surface area contributed by atoms with E-state index in [4.69, 9.17) is 45.0 Å². The van der Waals surface area contributed by atoms with Gasteiger partial charge in [-0.05, 0) is 102 Å². The normalized spacial score (nSPS) is 12.9. The van der Waals surface area contributed by atoms with E-state index in [9.17, 15) is 0 Å². The molecule has 0 radical (unpaired) electrons. The highest BCUT2D eigenvalue weighted by molar-refractivity contribution is 6.30. The number of rotatable bonds is 14. The third-order valence-corrected chi connectivity index (χ3v) is 9.88. The third kappa shape index (κ3) is 9.57. The molecule has 1 aliphatic heterocycles. The van der Waals surface area contributed by atoms with Crippen molar-refractivity contribution in [1.29, 1.82) is 0 Å². The maximum absolute atomic E-state index is 6.33. The van der Waals surface area contributed by atoms with Crippen LogP contribution in [0, 0.1) is 0 Å². The fourth-order valence-corrected chi connectivity index (χ4v) is 7.09. The molecule has 0 unspecified atom stereocenters. The highest BCUT2D eigenvalue weighted by Crippen LogP contribution is 2.42. The van der Waals surface area contributed by atoms with Gasteiger partial charge in [0, 0.05) is 54.7 Å². The van der Waals surface area contributed by atoms with Gasteiger partial charge in [-0.3, -0.25) is 9.88 Å². The largest absolute Gasteiger partial charge is 0.493 e. The lowest BCUT2D eigenvalue weighted by Gasteiger charge is -2.40. The highest BCUT2D eigenvalue weighted by atomic mass is 35.5. The zero-order chi connectivity index (χ0) is 36.6. The number of pyridine rings is 1. The van der Waals surface area contributed by atoms with Crippen LogP contribution in [0.1, 0.15) is 24.0 Å². The van der Waals surface area contributed by atoms with E-state index in [1.165, 1.54) is 5.56 Å². The summed E-state index contributed by atoms with van der Waals surface area (Å²) in [5, 5.41) is 0.723. The molecule has 0 atom stereocenters. The molecule has 0 saturated carbocycles. The Labute approximate surface area is 335 Å². The molecule has 5 aromatic rings. The number of nitrogens with zero attached hydrogens (tertiary/aromatic N) is 3. The van der Waals surface area contributed by atoms with Crippen LogP contribution in [-0.4, -0.2) is 71.7 Å². The molecular formula is C42H48Cl3N3O6. The van der Waals surface area contributed by atoms with E-state index in [1.54, 1.807) is 42.7 Å². The topological polar surface area (TPSA) is 74.8 Å². The zero-order valence-corrected chi connectivity index (χ0v) is 33.9. The lowest BCUT2D eigenvalue weighted by Crippen LogP contribution is -2.44. The third-order valence-electron chi connectivity index (χ3n) is 9.63. The Morgan fingerprint density at radius 2 is 1.19 bits per heavy atom. The molecule has 4 aromatic carbocycles. The molecule has 1 aromatic heterocycles. The van der Waals surface area contributed by atoms with Crippen molar-refractivity contribution < 1.29 is 28.4 Å². The fraction of sp³-hybridized carbons (Fsp3) is 0.310. The molecule has 0 N–H and O–H groups in total. The highest BCUT2D eigenvalue weighted by Gasteiger charge is 2.26. The summed E-state index contributed by atoms with van der Waals surface area (Å²) < 4.78 is 33.5. The lowest BCUT2D eigenvalue weighted by molar-refractivity contribution is 0.201. The average Bonchev–Trinajstić information content (AvgIpc) is 3.19. The Bertz CT molecular complexity index is 1920. The van der Waals surface area contributed by atoms with Gasteiger partial charge in [-0.1, -0.05) is 29.8 Å². The second-order valence-corrected chi connectivity index (χ2v) is 13.1. The van der Waals surface area contributed by atoms with Crippen LogP contribution in [-0.2, 0) is 13.1 Å². The molecule has 12 heteroatoms. The molecule has 0 aliphatic carbocycles. The molecule has 288 valence electrons. The summed E-state index contributed by atoms with van der Waals surface area (Å²) in [7, 11) is 9.74. The Balaban J connectivity index is 0.00000325. The van der Waals surface area contributed by atoms with E-state index >= 15 is 0 Å². The van der Waals surface area contributed by atoms with E-state index in [2.05, 4.69) is 58.3 Å². The number of halogens is 3. The van der Waals surface area contributed by atoms with E-state index in [0.29, 0.717) is 40.5 Å². The number of methoxy groups -OCH3 is 6. The first-order valence-corrected chi connectivity index (χ1v) is 17.6. The number of anilines is 1. The van der Waals surface area contributed by atoms with Crippen molar-refractivity contribution >= 4 is 42.1 Å². The summed E-state index contributed by atoms with van der Waals surface area (Å²) in [5.41, 5.74) is 7.39. The number of likely N-dealkylation sites (tertiary alicyclic amines) is 1. The number of piperidine rings is 1. The molecule has 6 rings (SSSR count). The van der Waals surface area contributed by atoms with E-state index in [0.717, 1.165) is 77.7 Å². The summed E-state index contributed by atoms with van der Waals surface area (Å²) >= 11 is 6.33. The molecular weight excluding hydrogens is 749 g/mol. The maximum atomic E-state index is 6.33. The van der Waals surface area contributed by atoms with Gasteiger partial charge < -0.3 is 33.3 Å². The number of ether oxygens (including phenoxy) is 6. The predicted molar refractivity (Wildman–Crippen MR) is 221 cm³/mol. The Morgan fingerprint density at radius 1 is 0.630 bits per heavy atom. The number of hydrogen-bond donors (Lipinski definition) is 0. The van der Waals surface area contributed by atoms with E-state index in [1.807, 2.05) is 42.6 Å². The van der Waals surface area contributed by atoms with E-state index in [-0.39, 0.29) is 24.8 Å². The van der Waals surface area contributed by atoms with Crippen LogP contribution in [0.3, 0.4) is 0 Å². The van der Waals surface area contributed by atoms with Gasteiger partial charge in [0.2, 0.25) is 11.5 Å². The second-order valence-electron chi connectivity index (χ2n) is 12.7.